The summed E-state index contributed by atoms with van der Waals surface area (Å²) in [6, 6.07) is 24.0. The van der Waals surface area contributed by atoms with Gasteiger partial charge < -0.3 is 4.90 Å². The van der Waals surface area contributed by atoms with Gasteiger partial charge in [0, 0.05) is 18.7 Å². The van der Waals surface area contributed by atoms with E-state index < -0.39 is 0 Å². The zero-order valence-corrected chi connectivity index (χ0v) is 18.9. The highest BCUT2D eigenvalue weighted by atomic mass is 35.5. The molecule has 1 aromatic heterocycles. The number of nitrogens with zero attached hydrogens (tertiary/aromatic N) is 3. The first-order chi connectivity index (χ1) is 15.5. The normalized spacial score (nSPS) is 13.2. The summed E-state index contributed by atoms with van der Waals surface area (Å²) in [7, 11) is 0. The second kappa shape index (κ2) is 8.29. The molecule has 4 aromatic rings. The van der Waals surface area contributed by atoms with Crippen LogP contribution in [0.25, 0.3) is 16.9 Å². The lowest BCUT2D eigenvalue weighted by Gasteiger charge is -2.29. The Balaban J connectivity index is 1.61. The van der Waals surface area contributed by atoms with Crippen LogP contribution in [0.3, 0.4) is 0 Å². The molecule has 32 heavy (non-hydrogen) atoms. The highest BCUT2D eigenvalue weighted by molar-refractivity contribution is 6.33. The maximum absolute atomic E-state index is 13.8. The van der Waals surface area contributed by atoms with Gasteiger partial charge in [-0.2, -0.15) is 5.10 Å². The summed E-state index contributed by atoms with van der Waals surface area (Å²) in [5.41, 5.74) is 7.66. The molecule has 5 rings (SSSR count). The van der Waals surface area contributed by atoms with Gasteiger partial charge in [-0.3, -0.25) is 4.79 Å². The van der Waals surface area contributed by atoms with Gasteiger partial charge in [0.1, 0.15) is 5.69 Å². The van der Waals surface area contributed by atoms with E-state index in [-0.39, 0.29) is 5.91 Å². The Labute approximate surface area is 193 Å². The van der Waals surface area contributed by atoms with Crippen molar-refractivity contribution in [3.63, 3.8) is 0 Å². The number of fused-ring (bicyclic) bond motifs is 1. The first kappa shape index (κ1) is 20.5. The molecular formula is C27H24ClN3O. The second-order valence-corrected chi connectivity index (χ2v) is 8.75. The van der Waals surface area contributed by atoms with Crippen molar-refractivity contribution in [2.45, 2.75) is 26.8 Å². The molecule has 0 saturated heterocycles. The summed E-state index contributed by atoms with van der Waals surface area (Å²) in [5, 5.41) is 5.47. The molecule has 0 spiro atoms. The van der Waals surface area contributed by atoms with Crippen LogP contribution in [-0.4, -0.2) is 27.1 Å². The van der Waals surface area contributed by atoms with Crippen LogP contribution in [0.15, 0.2) is 72.8 Å². The molecule has 4 nitrogen and oxygen atoms in total. The van der Waals surface area contributed by atoms with Gasteiger partial charge in [0.2, 0.25) is 0 Å². The van der Waals surface area contributed by atoms with Crippen LogP contribution in [0.5, 0.6) is 0 Å². The zero-order chi connectivity index (χ0) is 22.2. The summed E-state index contributed by atoms with van der Waals surface area (Å²) in [6.45, 7) is 5.38. The highest BCUT2D eigenvalue weighted by Crippen LogP contribution is 2.30. The van der Waals surface area contributed by atoms with E-state index in [1.807, 2.05) is 55.1 Å². The average molecular weight is 442 g/mol. The highest BCUT2D eigenvalue weighted by Gasteiger charge is 2.26. The van der Waals surface area contributed by atoms with E-state index in [0.29, 0.717) is 29.5 Å². The summed E-state index contributed by atoms with van der Waals surface area (Å²) in [6.07, 6.45) is 0.858. The van der Waals surface area contributed by atoms with Gasteiger partial charge in [-0.15, -0.1) is 0 Å². The lowest BCUT2D eigenvalue weighted by atomic mass is 9.99. The van der Waals surface area contributed by atoms with E-state index in [2.05, 4.69) is 36.4 Å². The Morgan fingerprint density at radius 2 is 1.69 bits per heavy atom. The van der Waals surface area contributed by atoms with E-state index in [1.165, 1.54) is 11.1 Å². The van der Waals surface area contributed by atoms with Crippen molar-refractivity contribution in [3.05, 3.63) is 106 Å². The predicted molar refractivity (Wildman–Crippen MR) is 128 cm³/mol. The molecule has 1 amide bonds. The maximum atomic E-state index is 13.8. The fourth-order valence-electron chi connectivity index (χ4n) is 4.30. The van der Waals surface area contributed by atoms with Crippen molar-refractivity contribution < 1.29 is 4.79 Å². The Morgan fingerprint density at radius 3 is 2.50 bits per heavy atom. The Hall–Kier alpha value is -3.37. The number of carbonyl (C=O) groups is 1. The molecule has 0 N–H and O–H groups in total. The number of carbonyl (C=O) groups excluding carboxylic acids is 1. The van der Waals surface area contributed by atoms with Gasteiger partial charge in [0.25, 0.3) is 5.91 Å². The number of aryl methyl sites for hydroxylation is 2. The first-order valence-corrected chi connectivity index (χ1v) is 11.2. The van der Waals surface area contributed by atoms with E-state index in [4.69, 9.17) is 16.7 Å². The van der Waals surface area contributed by atoms with Crippen LogP contribution in [-0.2, 0) is 13.0 Å². The topological polar surface area (TPSA) is 38.1 Å². The standard InChI is InChI=1S/C27H24ClN3O/c1-18-11-12-19(2)25(15-18)31-26(16-24(29-31)22-9-5-6-10-23(22)28)27(32)30-14-13-20-7-3-4-8-21(20)17-30/h3-12,15-16H,13-14,17H2,1-2H3. The van der Waals surface area contributed by atoms with Crippen molar-refractivity contribution in [2.24, 2.45) is 0 Å². The molecule has 3 aromatic carbocycles. The molecule has 2 heterocycles. The van der Waals surface area contributed by atoms with E-state index >= 15 is 0 Å². The SMILES string of the molecule is Cc1ccc(C)c(-n2nc(-c3ccccc3Cl)cc2C(=O)N2CCc3ccccc3C2)c1. The van der Waals surface area contributed by atoms with Crippen LogP contribution in [0.1, 0.15) is 32.7 Å². The van der Waals surface area contributed by atoms with Crippen molar-refractivity contribution in [1.82, 2.24) is 14.7 Å². The molecule has 0 radical (unpaired) electrons. The third kappa shape index (κ3) is 3.71. The molecule has 1 aliphatic heterocycles. The van der Waals surface area contributed by atoms with Gasteiger partial charge in [-0.25, -0.2) is 4.68 Å². The molecule has 1 aliphatic rings. The van der Waals surface area contributed by atoms with Crippen LogP contribution in [0.4, 0.5) is 0 Å². The minimum atomic E-state index is -0.0220. The molecule has 5 heteroatoms. The number of amides is 1. The minimum absolute atomic E-state index is 0.0220. The smallest absolute Gasteiger partial charge is 0.272 e. The van der Waals surface area contributed by atoms with Crippen molar-refractivity contribution in [2.75, 3.05) is 6.54 Å². The summed E-state index contributed by atoms with van der Waals surface area (Å²) in [4.78, 5) is 15.7. The van der Waals surface area contributed by atoms with Gasteiger partial charge in [0.05, 0.1) is 16.4 Å². The van der Waals surface area contributed by atoms with Crippen LogP contribution in [0, 0.1) is 13.8 Å². The van der Waals surface area contributed by atoms with E-state index in [1.54, 1.807) is 4.68 Å². The summed E-state index contributed by atoms with van der Waals surface area (Å²) >= 11 is 6.46. The molecule has 0 aliphatic carbocycles. The third-order valence-corrected chi connectivity index (χ3v) is 6.42. The number of aromatic nitrogens is 2. The Bertz CT molecular complexity index is 1320. The minimum Gasteiger partial charge on any atom is -0.333 e. The lowest BCUT2D eigenvalue weighted by molar-refractivity contribution is 0.0725. The van der Waals surface area contributed by atoms with Crippen molar-refractivity contribution in [1.29, 1.82) is 0 Å². The fraction of sp³-hybridized carbons (Fsp3) is 0.185. The summed E-state index contributed by atoms with van der Waals surface area (Å²) < 4.78 is 1.78. The number of hydrogen-bond donors (Lipinski definition) is 0. The van der Waals surface area contributed by atoms with Crippen LogP contribution >= 0.6 is 11.6 Å². The number of rotatable bonds is 3. The molecule has 0 bridgehead atoms. The molecule has 0 fully saturated rings. The molecule has 0 unspecified atom stereocenters. The predicted octanol–water partition coefficient (Wildman–Crippen LogP) is 6.01. The molecule has 0 saturated carbocycles. The van der Waals surface area contributed by atoms with Gasteiger partial charge >= 0.3 is 0 Å². The Kier molecular flexibility index (Phi) is 5.32. The van der Waals surface area contributed by atoms with Crippen LogP contribution in [0.2, 0.25) is 5.02 Å². The third-order valence-electron chi connectivity index (χ3n) is 6.09. The maximum Gasteiger partial charge on any atom is 0.272 e. The van der Waals surface area contributed by atoms with Crippen molar-refractivity contribution in [3.8, 4) is 16.9 Å². The lowest BCUT2D eigenvalue weighted by Crippen LogP contribution is -2.37. The van der Waals surface area contributed by atoms with Gasteiger partial charge in [0.15, 0.2) is 0 Å². The fourth-order valence-corrected chi connectivity index (χ4v) is 4.53. The van der Waals surface area contributed by atoms with E-state index in [9.17, 15) is 4.79 Å². The van der Waals surface area contributed by atoms with Crippen LogP contribution < -0.4 is 0 Å². The summed E-state index contributed by atoms with van der Waals surface area (Å²) in [5.74, 6) is -0.0220. The number of halogens is 1. The van der Waals surface area contributed by atoms with Gasteiger partial charge in [-0.05, 0) is 60.7 Å². The molecule has 0 atom stereocenters. The zero-order valence-electron chi connectivity index (χ0n) is 18.2. The quantitative estimate of drug-likeness (QED) is 0.390. The van der Waals surface area contributed by atoms with Gasteiger partial charge in [-0.1, -0.05) is 66.2 Å². The number of hydrogen-bond acceptors (Lipinski definition) is 2. The average Bonchev–Trinajstić information content (AvgIpc) is 3.25. The molecule has 160 valence electrons. The molecular weight excluding hydrogens is 418 g/mol. The van der Waals surface area contributed by atoms with Crippen molar-refractivity contribution >= 4 is 17.5 Å². The number of benzene rings is 3. The first-order valence-electron chi connectivity index (χ1n) is 10.8. The largest absolute Gasteiger partial charge is 0.333 e. The Morgan fingerprint density at radius 1 is 0.938 bits per heavy atom. The monoisotopic (exact) mass is 441 g/mol. The van der Waals surface area contributed by atoms with E-state index in [0.717, 1.165) is 28.8 Å². The second-order valence-electron chi connectivity index (χ2n) is 8.34.